The summed E-state index contributed by atoms with van der Waals surface area (Å²) < 4.78 is 0. The smallest absolute Gasteiger partial charge is 0.0966 e. The average Bonchev–Trinajstić information content (AvgIpc) is 2.49. The number of pyridine rings is 2. The highest BCUT2D eigenvalue weighted by atomic mass is 14.8. The van der Waals surface area contributed by atoms with Crippen LogP contribution in [0.5, 0.6) is 0 Å². The molecule has 0 spiro atoms. The molecule has 0 fully saturated rings. The van der Waals surface area contributed by atoms with E-state index in [1.54, 1.807) is 37.2 Å². The molecule has 3 aromatic rings. The Labute approximate surface area is 104 Å². The Morgan fingerprint density at radius 3 is 1.28 bits per heavy atom. The fourth-order valence-electron chi connectivity index (χ4n) is 1.78. The van der Waals surface area contributed by atoms with Crippen molar-refractivity contribution in [1.82, 2.24) is 19.9 Å². The Morgan fingerprint density at radius 1 is 0.500 bits per heavy atom. The standard InChI is InChI=1S/C14H10N4/c1-5-15-6-2-11(1)13-14(18-10-9-17-13)12-3-7-16-8-4-12/h1-10H. The van der Waals surface area contributed by atoms with Gasteiger partial charge in [-0.25, -0.2) is 0 Å². The van der Waals surface area contributed by atoms with Crippen LogP contribution in [0, 0.1) is 0 Å². The van der Waals surface area contributed by atoms with Crippen molar-refractivity contribution in [2.45, 2.75) is 0 Å². The summed E-state index contributed by atoms with van der Waals surface area (Å²) in [5.41, 5.74) is 3.71. The molecule has 3 heterocycles. The van der Waals surface area contributed by atoms with Crippen molar-refractivity contribution in [3.8, 4) is 22.5 Å². The SMILES string of the molecule is c1cc(-c2nccnc2-c2ccncc2)ccn1. The number of aromatic nitrogens is 4. The summed E-state index contributed by atoms with van der Waals surface area (Å²) in [6.07, 6.45) is 10.4. The van der Waals surface area contributed by atoms with Crippen molar-refractivity contribution < 1.29 is 0 Å². The van der Waals surface area contributed by atoms with Crippen molar-refractivity contribution in [3.63, 3.8) is 0 Å². The fraction of sp³-hybridized carbons (Fsp3) is 0. The lowest BCUT2D eigenvalue weighted by Crippen LogP contribution is -1.92. The van der Waals surface area contributed by atoms with E-state index in [2.05, 4.69) is 19.9 Å². The van der Waals surface area contributed by atoms with E-state index >= 15 is 0 Å². The Morgan fingerprint density at radius 2 is 0.889 bits per heavy atom. The summed E-state index contributed by atoms with van der Waals surface area (Å²) in [6, 6.07) is 7.70. The van der Waals surface area contributed by atoms with Crippen LogP contribution >= 0.6 is 0 Å². The molecule has 0 saturated heterocycles. The summed E-state index contributed by atoms with van der Waals surface area (Å²) >= 11 is 0. The molecule has 3 aromatic heterocycles. The van der Waals surface area contributed by atoms with E-state index in [0.29, 0.717) is 0 Å². The molecule has 0 saturated carbocycles. The van der Waals surface area contributed by atoms with Gasteiger partial charge in [-0.3, -0.25) is 19.9 Å². The van der Waals surface area contributed by atoms with Gasteiger partial charge < -0.3 is 0 Å². The molecule has 4 nitrogen and oxygen atoms in total. The van der Waals surface area contributed by atoms with Gasteiger partial charge >= 0.3 is 0 Å². The van der Waals surface area contributed by atoms with Gasteiger partial charge in [0.1, 0.15) is 0 Å². The highest BCUT2D eigenvalue weighted by Gasteiger charge is 2.09. The van der Waals surface area contributed by atoms with Gasteiger partial charge in [0.15, 0.2) is 0 Å². The summed E-state index contributed by atoms with van der Waals surface area (Å²) in [5, 5.41) is 0. The fourth-order valence-corrected chi connectivity index (χ4v) is 1.78. The van der Waals surface area contributed by atoms with E-state index < -0.39 is 0 Å². The van der Waals surface area contributed by atoms with Gasteiger partial charge in [-0.2, -0.15) is 0 Å². The molecule has 0 radical (unpaired) electrons. The topological polar surface area (TPSA) is 51.6 Å². The van der Waals surface area contributed by atoms with Crippen molar-refractivity contribution >= 4 is 0 Å². The van der Waals surface area contributed by atoms with Crippen LogP contribution in [0.2, 0.25) is 0 Å². The molecule has 0 atom stereocenters. The second-order valence-corrected chi connectivity index (χ2v) is 3.73. The van der Waals surface area contributed by atoms with Crippen LogP contribution in [0.25, 0.3) is 22.5 Å². The van der Waals surface area contributed by atoms with Crippen LogP contribution in [0.1, 0.15) is 0 Å². The molecule has 0 bridgehead atoms. The van der Waals surface area contributed by atoms with Crippen LogP contribution in [0.3, 0.4) is 0 Å². The van der Waals surface area contributed by atoms with Crippen LogP contribution in [0.4, 0.5) is 0 Å². The molecule has 0 amide bonds. The van der Waals surface area contributed by atoms with Crippen LogP contribution in [-0.2, 0) is 0 Å². The number of hydrogen-bond donors (Lipinski definition) is 0. The third-order valence-corrected chi connectivity index (χ3v) is 2.61. The first-order chi connectivity index (χ1) is 8.95. The van der Waals surface area contributed by atoms with Crippen molar-refractivity contribution in [1.29, 1.82) is 0 Å². The first-order valence-electron chi connectivity index (χ1n) is 5.57. The van der Waals surface area contributed by atoms with Gasteiger partial charge in [0.2, 0.25) is 0 Å². The van der Waals surface area contributed by atoms with Crippen LogP contribution in [0.15, 0.2) is 61.4 Å². The Balaban J connectivity index is 2.18. The second-order valence-electron chi connectivity index (χ2n) is 3.73. The van der Waals surface area contributed by atoms with Gasteiger partial charge in [-0.1, -0.05) is 0 Å². The zero-order valence-corrected chi connectivity index (χ0v) is 9.56. The number of hydrogen-bond acceptors (Lipinski definition) is 4. The van der Waals surface area contributed by atoms with E-state index in [1.807, 2.05) is 24.3 Å². The van der Waals surface area contributed by atoms with Gasteiger partial charge in [0, 0.05) is 48.3 Å². The maximum absolute atomic E-state index is 4.41. The molecule has 18 heavy (non-hydrogen) atoms. The Hall–Kier alpha value is -2.62. The zero-order chi connectivity index (χ0) is 12.2. The lowest BCUT2D eigenvalue weighted by atomic mass is 10.1. The predicted molar refractivity (Wildman–Crippen MR) is 68.5 cm³/mol. The largest absolute Gasteiger partial charge is 0.265 e. The summed E-state index contributed by atoms with van der Waals surface area (Å²) in [4.78, 5) is 16.9. The van der Waals surface area contributed by atoms with E-state index in [9.17, 15) is 0 Å². The molecule has 0 aliphatic carbocycles. The quantitative estimate of drug-likeness (QED) is 0.684. The minimum Gasteiger partial charge on any atom is -0.265 e. The Kier molecular flexibility index (Phi) is 2.75. The predicted octanol–water partition coefficient (Wildman–Crippen LogP) is 2.60. The van der Waals surface area contributed by atoms with Gasteiger partial charge in [-0.05, 0) is 24.3 Å². The van der Waals surface area contributed by atoms with Crippen LogP contribution in [-0.4, -0.2) is 19.9 Å². The summed E-state index contributed by atoms with van der Waals surface area (Å²) in [5.74, 6) is 0. The molecule has 0 unspecified atom stereocenters. The molecule has 0 aromatic carbocycles. The molecule has 0 aliphatic rings. The number of nitrogens with zero attached hydrogens (tertiary/aromatic N) is 4. The first-order valence-corrected chi connectivity index (χ1v) is 5.57. The third-order valence-electron chi connectivity index (χ3n) is 2.61. The monoisotopic (exact) mass is 234 g/mol. The third kappa shape index (κ3) is 1.96. The second kappa shape index (κ2) is 4.71. The van der Waals surface area contributed by atoms with Crippen molar-refractivity contribution in [2.24, 2.45) is 0 Å². The van der Waals surface area contributed by atoms with Gasteiger partial charge in [-0.15, -0.1) is 0 Å². The van der Waals surface area contributed by atoms with Crippen molar-refractivity contribution in [3.05, 3.63) is 61.4 Å². The molecular formula is C14H10N4. The molecule has 86 valence electrons. The molecule has 4 heteroatoms. The Bertz CT molecular complexity index is 580. The lowest BCUT2D eigenvalue weighted by Gasteiger charge is -2.06. The molecular weight excluding hydrogens is 224 g/mol. The lowest BCUT2D eigenvalue weighted by molar-refractivity contribution is 1.20. The molecule has 0 N–H and O–H groups in total. The summed E-state index contributed by atoms with van der Waals surface area (Å²) in [6.45, 7) is 0. The minimum atomic E-state index is 0.853. The highest BCUT2D eigenvalue weighted by Crippen LogP contribution is 2.26. The highest BCUT2D eigenvalue weighted by molar-refractivity contribution is 5.76. The molecule has 0 aliphatic heterocycles. The first kappa shape index (κ1) is 10.5. The molecule has 3 rings (SSSR count). The van der Waals surface area contributed by atoms with Gasteiger partial charge in [0.05, 0.1) is 11.4 Å². The maximum Gasteiger partial charge on any atom is 0.0966 e. The van der Waals surface area contributed by atoms with Crippen molar-refractivity contribution in [2.75, 3.05) is 0 Å². The number of rotatable bonds is 2. The summed E-state index contributed by atoms with van der Waals surface area (Å²) in [7, 11) is 0. The van der Waals surface area contributed by atoms with Crippen LogP contribution < -0.4 is 0 Å². The van der Waals surface area contributed by atoms with E-state index in [1.165, 1.54) is 0 Å². The zero-order valence-electron chi connectivity index (χ0n) is 9.56. The normalized spacial score (nSPS) is 10.2. The van der Waals surface area contributed by atoms with E-state index in [-0.39, 0.29) is 0 Å². The van der Waals surface area contributed by atoms with E-state index in [4.69, 9.17) is 0 Å². The average molecular weight is 234 g/mol. The minimum absolute atomic E-state index is 0.853. The maximum atomic E-state index is 4.41. The van der Waals surface area contributed by atoms with E-state index in [0.717, 1.165) is 22.5 Å². The van der Waals surface area contributed by atoms with Gasteiger partial charge in [0.25, 0.3) is 0 Å².